The fraction of sp³-hybridized carbons (Fsp3) is 0.105. The van der Waals surface area contributed by atoms with Gasteiger partial charge in [0, 0.05) is 0 Å². The number of carbonyl (C=O) groups is 2. The van der Waals surface area contributed by atoms with E-state index < -0.39 is 11.9 Å². The molecule has 3 N–H and O–H groups in total. The molecule has 4 rings (SSSR count). The lowest BCUT2D eigenvalue weighted by molar-refractivity contribution is -0.117. The quantitative estimate of drug-likeness (QED) is 0.362. The van der Waals surface area contributed by atoms with E-state index >= 15 is 0 Å². The molecular formula is C19H16N4O3S3. The summed E-state index contributed by atoms with van der Waals surface area (Å²) in [7, 11) is 0. The van der Waals surface area contributed by atoms with E-state index in [4.69, 9.17) is 4.42 Å². The van der Waals surface area contributed by atoms with Crippen molar-refractivity contribution in [2.75, 3.05) is 5.75 Å². The molecular weight excluding hydrogens is 428 g/mol. The van der Waals surface area contributed by atoms with Crippen LogP contribution in [0.15, 0.2) is 63.0 Å². The number of thiophene rings is 2. The van der Waals surface area contributed by atoms with Crippen molar-refractivity contribution in [3.63, 3.8) is 0 Å². The third kappa shape index (κ3) is 4.97. The number of thioether (sulfide) groups is 1. The van der Waals surface area contributed by atoms with Crippen molar-refractivity contribution in [1.29, 1.82) is 0 Å². The molecule has 0 bridgehead atoms. The van der Waals surface area contributed by atoms with Crippen molar-refractivity contribution in [3.8, 4) is 21.1 Å². The normalized spacial score (nSPS) is 10.8. The van der Waals surface area contributed by atoms with Gasteiger partial charge in [-0.15, -0.1) is 22.7 Å². The van der Waals surface area contributed by atoms with Crippen LogP contribution in [-0.4, -0.2) is 27.7 Å². The smallest absolute Gasteiger partial charge is 0.321 e. The Morgan fingerprint density at radius 1 is 1.10 bits per heavy atom. The lowest BCUT2D eigenvalue weighted by atomic mass is 10.2. The highest BCUT2D eigenvalue weighted by atomic mass is 32.2. The zero-order valence-electron chi connectivity index (χ0n) is 15.0. The van der Waals surface area contributed by atoms with Gasteiger partial charge < -0.3 is 14.7 Å². The molecule has 0 unspecified atom stereocenters. The maximum Gasteiger partial charge on any atom is 0.321 e. The van der Waals surface area contributed by atoms with E-state index in [9.17, 15) is 9.59 Å². The first-order valence-electron chi connectivity index (χ1n) is 8.59. The Kier molecular flexibility index (Phi) is 6.13. The molecule has 0 saturated carbocycles. The molecule has 0 atom stereocenters. The number of nitrogens with one attached hydrogen (secondary N) is 3. The molecule has 0 aliphatic heterocycles. The van der Waals surface area contributed by atoms with Gasteiger partial charge in [0.1, 0.15) is 11.5 Å². The van der Waals surface area contributed by atoms with E-state index in [1.165, 1.54) is 18.0 Å². The third-order valence-corrected chi connectivity index (χ3v) is 6.44. The average molecular weight is 445 g/mol. The van der Waals surface area contributed by atoms with E-state index in [-0.39, 0.29) is 12.3 Å². The molecule has 0 spiro atoms. The van der Waals surface area contributed by atoms with Crippen LogP contribution in [0.4, 0.5) is 4.79 Å². The summed E-state index contributed by atoms with van der Waals surface area (Å²) in [5.74, 6) is 0.272. The van der Waals surface area contributed by atoms with Crippen LogP contribution in [0.2, 0.25) is 0 Å². The van der Waals surface area contributed by atoms with Crippen LogP contribution in [-0.2, 0) is 11.3 Å². The summed E-state index contributed by atoms with van der Waals surface area (Å²) in [6.45, 7) is 0.214. The molecule has 0 aliphatic rings. The van der Waals surface area contributed by atoms with E-state index in [1.807, 2.05) is 35.0 Å². The van der Waals surface area contributed by atoms with E-state index in [0.29, 0.717) is 10.9 Å². The summed E-state index contributed by atoms with van der Waals surface area (Å²) in [5, 5.41) is 9.51. The van der Waals surface area contributed by atoms with Gasteiger partial charge in [0.2, 0.25) is 5.91 Å². The summed E-state index contributed by atoms with van der Waals surface area (Å²) in [4.78, 5) is 34.0. The second kappa shape index (κ2) is 9.12. The standard InChI is InChI=1S/C19H16N4O3S3/c24-15(21-18(25)20-10-12-4-1-7-26-12)11-29-19-22-16(13-5-2-8-27-13)17(23-19)14-6-3-9-28-14/h1-9H,10-11H2,(H,22,23)(H2,20,21,24,25). The Labute approximate surface area is 178 Å². The zero-order valence-corrected chi connectivity index (χ0v) is 17.5. The number of imide groups is 1. The van der Waals surface area contributed by atoms with Crippen molar-refractivity contribution < 1.29 is 14.0 Å². The summed E-state index contributed by atoms with van der Waals surface area (Å²) in [6.07, 6.45) is 1.52. The molecule has 4 aromatic rings. The largest absolute Gasteiger partial charge is 0.467 e. The van der Waals surface area contributed by atoms with Crippen molar-refractivity contribution in [2.24, 2.45) is 0 Å². The third-order valence-electron chi connectivity index (χ3n) is 3.80. The SMILES string of the molecule is O=C(CSc1nc(-c2cccs2)c(-c2cccs2)[nH]1)NC(=O)NCc1ccco1. The number of H-pyrrole nitrogens is 1. The van der Waals surface area contributed by atoms with Gasteiger partial charge >= 0.3 is 6.03 Å². The molecule has 4 heterocycles. The van der Waals surface area contributed by atoms with Gasteiger partial charge in [-0.05, 0) is 35.0 Å². The summed E-state index contributed by atoms with van der Waals surface area (Å²) in [6, 6.07) is 10.9. The van der Waals surface area contributed by atoms with Crippen molar-refractivity contribution in [2.45, 2.75) is 11.7 Å². The van der Waals surface area contributed by atoms with Crippen molar-refractivity contribution in [1.82, 2.24) is 20.6 Å². The second-order valence-corrected chi connectivity index (χ2v) is 8.68. The molecule has 10 heteroatoms. The number of rotatable bonds is 7. The summed E-state index contributed by atoms with van der Waals surface area (Å²) < 4.78 is 5.13. The van der Waals surface area contributed by atoms with Crippen LogP contribution < -0.4 is 10.6 Å². The molecule has 29 heavy (non-hydrogen) atoms. The topological polar surface area (TPSA) is 100 Å². The number of hydrogen-bond acceptors (Lipinski definition) is 7. The molecule has 7 nitrogen and oxygen atoms in total. The van der Waals surface area contributed by atoms with Gasteiger partial charge in [-0.25, -0.2) is 9.78 Å². The van der Waals surface area contributed by atoms with E-state index in [1.54, 1.807) is 34.8 Å². The van der Waals surface area contributed by atoms with Gasteiger partial charge in [-0.2, -0.15) is 0 Å². The number of nitrogens with zero attached hydrogens (tertiary/aromatic N) is 1. The van der Waals surface area contributed by atoms with Gasteiger partial charge in [-0.3, -0.25) is 10.1 Å². The van der Waals surface area contributed by atoms with Gasteiger partial charge in [0.15, 0.2) is 5.16 Å². The Balaban J connectivity index is 1.36. The molecule has 0 aliphatic carbocycles. The first kappa shape index (κ1) is 19.5. The number of hydrogen-bond donors (Lipinski definition) is 3. The Bertz CT molecular complexity index is 1020. The number of aromatic amines is 1. The number of furan rings is 1. The monoisotopic (exact) mass is 444 g/mol. The van der Waals surface area contributed by atoms with Crippen LogP contribution >= 0.6 is 34.4 Å². The van der Waals surface area contributed by atoms with Crippen LogP contribution in [0.3, 0.4) is 0 Å². The Morgan fingerprint density at radius 2 is 1.90 bits per heavy atom. The molecule has 4 aromatic heterocycles. The van der Waals surface area contributed by atoms with E-state index in [0.717, 1.165) is 21.1 Å². The van der Waals surface area contributed by atoms with Gasteiger partial charge in [0.25, 0.3) is 0 Å². The molecule has 148 valence electrons. The van der Waals surface area contributed by atoms with E-state index in [2.05, 4.69) is 20.6 Å². The van der Waals surface area contributed by atoms with Crippen LogP contribution in [0.1, 0.15) is 5.76 Å². The highest BCUT2D eigenvalue weighted by Gasteiger charge is 2.17. The van der Waals surface area contributed by atoms with Crippen molar-refractivity contribution in [3.05, 3.63) is 59.2 Å². The minimum absolute atomic E-state index is 0.0649. The minimum atomic E-state index is -0.565. The van der Waals surface area contributed by atoms with Crippen LogP contribution in [0.25, 0.3) is 21.1 Å². The number of urea groups is 1. The maximum absolute atomic E-state index is 12.1. The molecule has 0 fully saturated rings. The zero-order chi connectivity index (χ0) is 20.1. The number of carbonyl (C=O) groups excluding carboxylic acids is 2. The van der Waals surface area contributed by atoms with Crippen LogP contribution in [0, 0.1) is 0 Å². The maximum atomic E-state index is 12.1. The van der Waals surface area contributed by atoms with Crippen molar-refractivity contribution >= 4 is 46.4 Å². The Hall–Kier alpha value is -2.82. The fourth-order valence-electron chi connectivity index (χ4n) is 2.53. The molecule has 0 radical (unpaired) electrons. The average Bonchev–Trinajstić information content (AvgIpc) is 3.50. The lowest BCUT2D eigenvalue weighted by Gasteiger charge is -2.04. The highest BCUT2D eigenvalue weighted by Crippen LogP contribution is 2.36. The second-order valence-electron chi connectivity index (χ2n) is 5.82. The fourth-order valence-corrected chi connectivity index (χ4v) is 4.65. The molecule has 0 saturated heterocycles. The predicted octanol–water partition coefficient (Wildman–Crippen LogP) is 4.58. The molecule has 0 aromatic carbocycles. The minimum Gasteiger partial charge on any atom is -0.467 e. The summed E-state index contributed by atoms with van der Waals surface area (Å²) >= 11 is 4.48. The Morgan fingerprint density at radius 3 is 2.59 bits per heavy atom. The van der Waals surface area contributed by atoms with Gasteiger partial charge in [0.05, 0.1) is 34.0 Å². The molecule has 3 amide bonds. The highest BCUT2D eigenvalue weighted by molar-refractivity contribution is 7.99. The first-order chi connectivity index (χ1) is 14.2. The van der Waals surface area contributed by atoms with Crippen LogP contribution in [0.5, 0.6) is 0 Å². The number of imidazole rings is 1. The number of aromatic nitrogens is 2. The summed E-state index contributed by atoms with van der Waals surface area (Å²) in [5.41, 5.74) is 1.79. The first-order valence-corrected chi connectivity index (χ1v) is 11.3. The predicted molar refractivity (Wildman–Crippen MR) is 115 cm³/mol. The number of amides is 3. The van der Waals surface area contributed by atoms with Gasteiger partial charge in [-0.1, -0.05) is 23.9 Å². The lowest BCUT2D eigenvalue weighted by Crippen LogP contribution is -2.39.